The van der Waals surface area contributed by atoms with Crippen LogP contribution < -0.4 is 10.1 Å². The zero-order valence-electron chi connectivity index (χ0n) is 15.0. The highest BCUT2D eigenvalue weighted by Gasteiger charge is 2.27. The molecule has 2 heterocycles. The number of anilines is 1. The van der Waals surface area contributed by atoms with Crippen LogP contribution in [-0.4, -0.2) is 54.7 Å². The summed E-state index contributed by atoms with van der Waals surface area (Å²) >= 11 is -1.24. The summed E-state index contributed by atoms with van der Waals surface area (Å²) in [5.41, 5.74) is 2.08. The van der Waals surface area contributed by atoms with E-state index in [0.29, 0.717) is 17.1 Å². The molecule has 1 fully saturated rings. The van der Waals surface area contributed by atoms with E-state index >= 15 is 0 Å². The molecule has 142 valence electrons. The van der Waals surface area contributed by atoms with Crippen molar-refractivity contribution in [1.29, 1.82) is 0 Å². The summed E-state index contributed by atoms with van der Waals surface area (Å²) in [6.07, 6.45) is 5.76. The Bertz CT molecular complexity index is 961. The van der Waals surface area contributed by atoms with Gasteiger partial charge in [-0.1, -0.05) is 5.21 Å². The Morgan fingerprint density at radius 3 is 2.81 bits per heavy atom. The number of ether oxygens (including phenoxy) is 1. The van der Waals surface area contributed by atoms with Crippen LogP contribution in [0.25, 0.3) is 16.9 Å². The molecular formula is C17H20N6O3S. The Kier molecular flexibility index (Phi) is 4.99. The fraction of sp³-hybridized carbons (Fsp3) is 0.412. The summed E-state index contributed by atoms with van der Waals surface area (Å²) in [4.78, 5) is 8.92. The third-order valence-corrected chi connectivity index (χ3v) is 5.04. The Hall–Kier alpha value is -2.59. The Morgan fingerprint density at radius 2 is 2.07 bits per heavy atom. The molecule has 0 bridgehead atoms. The van der Waals surface area contributed by atoms with E-state index in [-0.39, 0.29) is 12.1 Å². The monoisotopic (exact) mass is 388 g/mol. The van der Waals surface area contributed by atoms with Crippen LogP contribution in [0.5, 0.6) is 5.75 Å². The van der Waals surface area contributed by atoms with Crippen LogP contribution in [0.1, 0.15) is 19.3 Å². The molecule has 1 N–H and O–H groups in total. The first-order valence-corrected chi connectivity index (χ1v) is 10.1. The molecule has 10 heteroatoms. The molecule has 3 aromatic rings. The maximum Gasteiger partial charge on any atom is 0.225 e. The number of fused-ring (bicyclic) bond motifs is 1. The van der Waals surface area contributed by atoms with Crippen molar-refractivity contribution in [2.75, 3.05) is 18.7 Å². The fourth-order valence-corrected chi connectivity index (χ4v) is 3.79. The minimum absolute atomic E-state index is 0.00329. The van der Waals surface area contributed by atoms with Crippen LogP contribution in [0, 0.1) is 0 Å². The number of nitrogens with one attached hydrogen (secondary N) is 1. The Labute approximate surface area is 158 Å². The Balaban J connectivity index is 1.54. The van der Waals surface area contributed by atoms with E-state index in [1.165, 1.54) is 0 Å². The van der Waals surface area contributed by atoms with Gasteiger partial charge in [-0.05, 0) is 43.5 Å². The minimum Gasteiger partial charge on any atom is -0.497 e. The van der Waals surface area contributed by atoms with E-state index in [1.807, 2.05) is 24.3 Å². The van der Waals surface area contributed by atoms with Crippen molar-refractivity contribution in [2.45, 2.75) is 31.4 Å². The van der Waals surface area contributed by atoms with Gasteiger partial charge in [0.25, 0.3) is 0 Å². The normalized spacial score (nSPS) is 20.7. The van der Waals surface area contributed by atoms with Gasteiger partial charge in [0.2, 0.25) is 5.95 Å². The smallest absolute Gasteiger partial charge is 0.225 e. The molecule has 1 aliphatic carbocycles. The molecule has 0 aliphatic heterocycles. The summed E-state index contributed by atoms with van der Waals surface area (Å²) in [5, 5.41) is 11.6. The molecule has 1 unspecified atom stereocenters. The van der Waals surface area contributed by atoms with E-state index in [4.69, 9.17) is 8.92 Å². The molecule has 0 spiro atoms. The molecule has 1 aromatic carbocycles. The van der Waals surface area contributed by atoms with E-state index in [2.05, 4.69) is 25.6 Å². The first-order chi connectivity index (χ1) is 13.1. The molecule has 0 radical (unpaired) electrons. The lowest BCUT2D eigenvalue weighted by atomic mass is 10.2. The highest BCUT2D eigenvalue weighted by Crippen LogP contribution is 2.25. The highest BCUT2D eigenvalue weighted by molar-refractivity contribution is 7.79. The molecule has 9 nitrogen and oxygen atoms in total. The van der Waals surface area contributed by atoms with Gasteiger partial charge in [-0.3, -0.25) is 4.18 Å². The number of hydrogen-bond acceptors (Lipinski definition) is 8. The standard InChI is InChI=1S/C17H20N6O3S/c1-25-13-7-4-12(5-8-13)23-16-15(21-22-23)10-18-17(20-16)19-11-3-6-14(9-11)26-27(2)24/h4-5,7-8,10-11,14H,3,6,9H2,1-2H3,(H,18,19,20)/t11-,14+,27?/m1/s1. The van der Waals surface area contributed by atoms with Gasteiger partial charge in [0.05, 0.1) is 25.1 Å². The predicted molar refractivity (Wildman–Crippen MR) is 101 cm³/mol. The number of rotatable bonds is 6. The van der Waals surface area contributed by atoms with Crippen molar-refractivity contribution in [3.05, 3.63) is 30.5 Å². The maximum atomic E-state index is 11.2. The van der Waals surface area contributed by atoms with Crippen molar-refractivity contribution in [2.24, 2.45) is 0 Å². The zero-order chi connectivity index (χ0) is 18.8. The quantitative estimate of drug-likeness (QED) is 0.682. The van der Waals surface area contributed by atoms with Crippen LogP contribution in [0.4, 0.5) is 5.95 Å². The molecular weight excluding hydrogens is 368 g/mol. The summed E-state index contributed by atoms with van der Waals surface area (Å²) in [6, 6.07) is 7.69. The zero-order valence-corrected chi connectivity index (χ0v) is 15.8. The number of nitrogens with zero attached hydrogens (tertiary/aromatic N) is 5. The van der Waals surface area contributed by atoms with E-state index in [0.717, 1.165) is 30.7 Å². The van der Waals surface area contributed by atoms with Crippen LogP contribution in [0.3, 0.4) is 0 Å². The first kappa shape index (κ1) is 17.8. The maximum absolute atomic E-state index is 11.2. The predicted octanol–water partition coefficient (Wildman–Crippen LogP) is 1.86. The number of hydrogen-bond donors (Lipinski definition) is 1. The van der Waals surface area contributed by atoms with Crippen molar-refractivity contribution in [1.82, 2.24) is 25.0 Å². The lowest BCUT2D eigenvalue weighted by molar-refractivity contribution is 0.235. The van der Waals surface area contributed by atoms with Gasteiger partial charge in [-0.15, -0.1) is 5.10 Å². The average molecular weight is 388 g/mol. The number of methoxy groups -OCH3 is 1. The largest absolute Gasteiger partial charge is 0.497 e. The second-order valence-corrected chi connectivity index (χ2v) is 7.37. The topological polar surface area (TPSA) is 104 Å². The molecule has 4 rings (SSSR count). The first-order valence-electron chi connectivity index (χ1n) is 8.62. The molecule has 27 heavy (non-hydrogen) atoms. The summed E-state index contributed by atoms with van der Waals surface area (Å²) in [5.74, 6) is 1.29. The lowest BCUT2D eigenvalue weighted by Crippen LogP contribution is -2.19. The average Bonchev–Trinajstić information content (AvgIpc) is 3.28. The summed E-state index contributed by atoms with van der Waals surface area (Å²) < 4.78 is 23.5. The molecule has 3 atom stereocenters. The van der Waals surface area contributed by atoms with Crippen molar-refractivity contribution < 1.29 is 13.1 Å². The minimum atomic E-state index is -1.24. The third kappa shape index (κ3) is 3.91. The third-order valence-electron chi connectivity index (χ3n) is 4.50. The second kappa shape index (κ2) is 7.57. The lowest BCUT2D eigenvalue weighted by Gasteiger charge is -2.13. The highest BCUT2D eigenvalue weighted by atomic mass is 32.2. The van der Waals surface area contributed by atoms with Crippen LogP contribution in [-0.2, 0) is 15.3 Å². The summed E-state index contributed by atoms with van der Waals surface area (Å²) in [7, 11) is 1.63. The van der Waals surface area contributed by atoms with Crippen LogP contribution in [0.2, 0.25) is 0 Å². The Morgan fingerprint density at radius 1 is 1.26 bits per heavy atom. The van der Waals surface area contributed by atoms with Gasteiger partial charge in [-0.25, -0.2) is 9.19 Å². The van der Waals surface area contributed by atoms with E-state index in [1.54, 1.807) is 24.2 Å². The van der Waals surface area contributed by atoms with Gasteiger partial charge < -0.3 is 10.1 Å². The summed E-state index contributed by atoms with van der Waals surface area (Å²) in [6.45, 7) is 0. The molecule has 0 amide bonds. The van der Waals surface area contributed by atoms with Crippen molar-refractivity contribution in [3.8, 4) is 11.4 Å². The van der Waals surface area contributed by atoms with Gasteiger partial charge in [0.15, 0.2) is 22.2 Å². The van der Waals surface area contributed by atoms with Gasteiger partial charge in [-0.2, -0.15) is 9.67 Å². The molecule has 1 saturated carbocycles. The van der Waals surface area contributed by atoms with Crippen molar-refractivity contribution in [3.63, 3.8) is 0 Å². The van der Waals surface area contributed by atoms with Gasteiger partial charge >= 0.3 is 0 Å². The van der Waals surface area contributed by atoms with Gasteiger partial charge in [0.1, 0.15) is 5.75 Å². The fourth-order valence-electron chi connectivity index (χ4n) is 3.23. The van der Waals surface area contributed by atoms with Gasteiger partial charge in [0, 0.05) is 12.3 Å². The van der Waals surface area contributed by atoms with E-state index in [9.17, 15) is 4.21 Å². The van der Waals surface area contributed by atoms with Crippen molar-refractivity contribution >= 4 is 28.2 Å². The number of benzene rings is 1. The molecule has 1 aliphatic rings. The molecule has 2 aromatic heterocycles. The molecule has 0 saturated heterocycles. The number of aromatic nitrogens is 5. The second-order valence-electron chi connectivity index (χ2n) is 6.38. The SMILES string of the molecule is COc1ccc(-n2nnc3cnc(N[C@@H]4CC[C@H](OS(C)=O)C4)nc32)cc1. The van der Waals surface area contributed by atoms with E-state index < -0.39 is 11.1 Å². The van der Waals surface area contributed by atoms with Crippen LogP contribution >= 0.6 is 0 Å². The van der Waals surface area contributed by atoms with Crippen LogP contribution in [0.15, 0.2) is 30.5 Å².